The number of anilines is 2. The van der Waals surface area contributed by atoms with Gasteiger partial charge in [0.2, 0.25) is 0 Å². The van der Waals surface area contributed by atoms with E-state index in [1.165, 1.54) is 23.9 Å². The van der Waals surface area contributed by atoms with Crippen LogP contribution in [0.2, 0.25) is 0 Å². The first-order chi connectivity index (χ1) is 16.7. The average Bonchev–Trinajstić information content (AvgIpc) is 2.90. The number of para-hydroxylation sites is 2. The fourth-order valence-electron chi connectivity index (χ4n) is 3.64. The van der Waals surface area contributed by atoms with Crippen LogP contribution in [0.15, 0.2) is 125 Å². The molecule has 0 radical (unpaired) electrons. The summed E-state index contributed by atoms with van der Waals surface area (Å²) in [5.41, 5.74) is 3.81. The van der Waals surface area contributed by atoms with Gasteiger partial charge in [-0.3, -0.25) is 15.0 Å². The van der Waals surface area contributed by atoms with E-state index in [9.17, 15) is 10.1 Å². The summed E-state index contributed by atoms with van der Waals surface area (Å²) < 4.78 is 0. The standard InChI is InChI=1S/C27H20N4O2S/c32-31(33)24-18-16-21(17-19-24)26-28-25(20-10-4-1-5-11-20)29-27(34-26)30(22-12-6-2-7-13-22)23-14-8-3-9-15-23/h1-19,26H. The minimum absolute atomic E-state index is 0.0564. The largest absolute Gasteiger partial charge is 0.289 e. The molecule has 1 atom stereocenters. The van der Waals surface area contributed by atoms with Crippen LogP contribution in [0.1, 0.15) is 16.5 Å². The summed E-state index contributed by atoms with van der Waals surface area (Å²) >= 11 is 1.51. The van der Waals surface area contributed by atoms with E-state index in [0.717, 1.165) is 27.7 Å². The maximum absolute atomic E-state index is 11.1. The molecule has 0 bridgehead atoms. The minimum atomic E-state index is -0.393. The Kier molecular flexibility index (Phi) is 6.18. The first-order valence-electron chi connectivity index (χ1n) is 10.7. The summed E-state index contributed by atoms with van der Waals surface area (Å²) in [6.45, 7) is 0. The van der Waals surface area contributed by atoms with E-state index in [4.69, 9.17) is 9.98 Å². The van der Waals surface area contributed by atoms with Gasteiger partial charge >= 0.3 is 0 Å². The van der Waals surface area contributed by atoms with Gasteiger partial charge in [-0.2, -0.15) is 0 Å². The number of hydrogen-bond acceptors (Lipinski definition) is 6. The first-order valence-corrected chi connectivity index (χ1v) is 11.6. The summed E-state index contributed by atoms with van der Waals surface area (Å²) in [6, 6.07) is 36.6. The zero-order chi connectivity index (χ0) is 23.3. The summed E-state index contributed by atoms with van der Waals surface area (Å²) in [4.78, 5) is 22.7. The molecule has 5 rings (SSSR count). The fraction of sp³-hybridized carbons (Fsp3) is 0.0370. The third-order valence-corrected chi connectivity index (χ3v) is 6.38. The second-order valence-corrected chi connectivity index (χ2v) is 8.59. The predicted molar refractivity (Wildman–Crippen MR) is 139 cm³/mol. The monoisotopic (exact) mass is 464 g/mol. The van der Waals surface area contributed by atoms with Crippen molar-refractivity contribution in [1.82, 2.24) is 0 Å². The molecule has 1 aliphatic heterocycles. The molecular weight excluding hydrogens is 444 g/mol. The molecule has 0 saturated heterocycles. The van der Waals surface area contributed by atoms with Crippen LogP contribution in [0.3, 0.4) is 0 Å². The van der Waals surface area contributed by atoms with Crippen LogP contribution in [-0.2, 0) is 0 Å². The molecule has 1 heterocycles. The van der Waals surface area contributed by atoms with Crippen LogP contribution in [0.4, 0.5) is 17.1 Å². The van der Waals surface area contributed by atoms with E-state index in [2.05, 4.69) is 4.90 Å². The second-order valence-electron chi connectivity index (χ2n) is 7.54. The van der Waals surface area contributed by atoms with Crippen molar-refractivity contribution in [3.63, 3.8) is 0 Å². The maximum Gasteiger partial charge on any atom is 0.269 e. The third-order valence-electron chi connectivity index (χ3n) is 5.30. The van der Waals surface area contributed by atoms with E-state index in [-0.39, 0.29) is 11.1 Å². The van der Waals surface area contributed by atoms with E-state index in [1.807, 2.05) is 91.0 Å². The van der Waals surface area contributed by atoms with Crippen LogP contribution in [-0.4, -0.2) is 15.9 Å². The highest BCUT2D eigenvalue weighted by atomic mass is 32.2. The Balaban J connectivity index is 1.62. The Labute approximate surface area is 201 Å². The van der Waals surface area contributed by atoms with Gasteiger partial charge in [-0.25, -0.2) is 9.98 Å². The van der Waals surface area contributed by atoms with Crippen molar-refractivity contribution in [3.05, 3.63) is 137 Å². The van der Waals surface area contributed by atoms with Crippen LogP contribution in [0.5, 0.6) is 0 Å². The molecule has 1 aliphatic rings. The van der Waals surface area contributed by atoms with Gasteiger partial charge in [0.1, 0.15) is 5.37 Å². The number of nitro benzene ring substituents is 1. The maximum atomic E-state index is 11.1. The van der Waals surface area contributed by atoms with Gasteiger partial charge in [-0.1, -0.05) is 78.5 Å². The number of rotatable bonds is 5. The lowest BCUT2D eigenvalue weighted by atomic mass is 10.2. The highest BCUT2D eigenvalue weighted by Gasteiger charge is 2.27. The molecule has 6 nitrogen and oxygen atoms in total. The van der Waals surface area contributed by atoms with E-state index in [1.54, 1.807) is 12.1 Å². The SMILES string of the molecule is O=[N+]([O-])c1ccc(C2N=C(c3ccccc3)N=C(N(c3ccccc3)c3ccccc3)S2)cc1. The van der Waals surface area contributed by atoms with E-state index in [0.29, 0.717) is 5.84 Å². The number of aliphatic imine (C=N–C) groups is 2. The summed E-state index contributed by atoms with van der Waals surface area (Å²) in [6.07, 6.45) is 0. The van der Waals surface area contributed by atoms with E-state index >= 15 is 0 Å². The van der Waals surface area contributed by atoms with Gasteiger partial charge < -0.3 is 0 Å². The van der Waals surface area contributed by atoms with Crippen molar-refractivity contribution < 1.29 is 4.92 Å². The van der Waals surface area contributed by atoms with Crippen LogP contribution >= 0.6 is 11.8 Å². The zero-order valence-corrected chi connectivity index (χ0v) is 18.9. The van der Waals surface area contributed by atoms with Crippen molar-refractivity contribution in [3.8, 4) is 0 Å². The molecule has 0 aromatic heterocycles. The van der Waals surface area contributed by atoms with Crippen LogP contribution in [0.25, 0.3) is 0 Å². The molecule has 4 aromatic rings. The molecule has 7 heteroatoms. The minimum Gasteiger partial charge on any atom is -0.289 e. The molecule has 34 heavy (non-hydrogen) atoms. The molecule has 0 N–H and O–H groups in total. The highest BCUT2D eigenvalue weighted by Crippen LogP contribution is 2.40. The average molecular weight is 465 g/mol. The summed E-state index contributed by atoms with van der Waals surface area (Å²) in [5, 5.41) is 11.6. The van der Waals surface area contributed by atoms with Gasteiger partial charge in [-0.15, -0.1) is 0 Å². The van der Waals surface area contributed by atoms with Gasteiger partial charge in [0.05, 0.1) is 4.92 Å². The number of hydrogen-bond donors (Lipinski definition) is 0. The smallest absolute Gasteiger partial charge is 0.269 e. The highest BCUT2D eigenvalue weighted by molar-refractivity contribution is 8.14. The topological polar surface area (TPSA) is 71.1 Å². The summed E-state index contributed by atoms with van der Waals surface area (Å²) in [7, 11) is 0. The van der Waals surface area contributed by atoms with Crippen molar-refractivity contribution in [1.29, 1.82) is 0 Å². The molecular formula is C27H20N4O2S. The molecule has 4 aromatic carbocycles. The van der Waals surface area contributed by atoms with Crippen molar-refractivity contribution in [2.24, 2.45) is 9.98 Å². The first kappa shape index (κ1) is 21.6. The Hall–Kier alpha value is -4.23. The number of amidine groups is 2. The lowest BCUT2D eigenvalue weighted by Gasteiger charge is -2.30. The number of non-ortho nitro benzene ring substituents is 1. The van der Waals surface area contributed by atoms with Gasteiger partial charge in [0, 0.05) is 29.1 Å². The Morgan fingerprint density at radius 3 is 1.79 bits per heavy atom. The number of benzene rings is 4. The van der Waals surface area contributed by atoms with Crippen molar-refractivity contribution in [2.75, 3.05) is 4.90 Å². The Bertz CT molecular complexity index is 1300. The predicted octanol–water partition coefficient (Wildman–Crippen LogP) is 6.98. The van der Waals surface area contributed by atoms with Gasteiger partial charge in [-0.05, 0) is 42.0 Å². The molecule has 0 amide bonds. The van der Waals surface area contributed by atoms with E-state index < -0.39 is 4.92 Å². The van der Waals surface area contributed by atoms with Crippen molar-refractivity contribution in [2.45, 2.75) is 5.37 Å². The lowest BCUT2D eigenvalue weighted by molar-refractivity contribution is -0.384. The number of thioether (sulfide) groups is 1. The molecule has 166 valence electrons. The Morgan fingerprint density at radius 1 is 0.735 bits per heavy atom. The van der Waals surface area contributed by atoms with Gasteiger partial charge in [0.15, 0.2) is 11.0 Å². The van der Waals surface area contributed by atoms with Crippen LogP contribution in [0, 0.1) is 10.1 Å². The van der Waals surface area contributed by atoms with Crippen LogP contribution < -0.4 is 4.90 Å². The fourth-order valence-corrected chi connectivity index (χ4v) is 4.74. The normalized spacial score (nSPS) is 15.2. The number of nitrogens with zero attached hydrogens (tertiary/aromatic N) is 4. The van der Waals surface area contributed by atoms with Gasteiger partial charge in [0.25, 0.3) is 5.69 Å². The quantitative estimate of drug-likeness (QED) is 0.236. The Morgan fingerprint density at radius 2 is 1.26 bits per heavy atom. The molecule has 1 unspecified atom stereocenters. The number of nitro groups is 1. The third kappa shape index (κ3) is 4.60. The zero-order valence-electron chi connectivity index (χ0n) is 18.1. The van der Waals surface area contributed by atoms with Crippen molar-refractivity contribution >= 4 is 39.8 Å². The molecule has 0 saturated carbocycles. The second kappa shape index (κ2) is 9.72. The molecule has 0 fully saturated rings. The molecule has 0 spiro atoms. The molecule has 0 aliphatic carbocycles. The lowest BCUT2D eigenvalue weighted by Crippen LogP contribution is -2.27. The summed E-state index contributed by atoms with van der Waals surface area (Å²) in [5.74, 6) is 0.620.